The van der Waals surface area contributed by atoms with Crippen molar-refractivity contribution in [2.24, 2.45) is 0 Å². The van der Waals surface area contributed by atoms with Crippen molar-refractivity contribution in [1.29, 1.82) is 0 Å². The smallest absolute Gasteiger partial charge is 0.232 e. The van der Waals surface area contributed by atoms with Gasteiger partial charge in [0.2, 0.25) is 5.89 Å². The van der Waals surface area contributed by atoms with E-state index in [9.17, 15) is 0 Å². The van der Waals surface area contributed by atoms with E-state index in [0.717, 1.165) is 10.6 Å². The molecular formula is C13H17N3OS. The minimum Gasteiger partial charge on any atom is -0.398 e. The second-order valence-electron chi connectivity index (χ2n) is 5.09. The number of nitrogen functional groups attached to an aromatic ring is 1. The Morgan fingerprint density at radius 3 is 2.61 bits per heavy atom. The second kappa shape index (κ2) is 5.02. The van der Waals surface area contributed by atoms with Gasteiger partial charge < -0.3 is 10.3 Å². The van der Waals surface area contributed by atoms with Gasteiger partial charge in [-0.1, -0.05) is 38.1 Å². The number of benzene rings is 1. The highest BCUT2D eigenvalue weighted by Gasteiger charge is 2.21. The molecule has 0 saturated heterocycles. The Labute approximate surface area is 111 Å². The quantitative estimate of drug-likeness (QED) is 0.680. The highest BCUT2D eigenvalue weighted by molar-refractivity contribution is 7.98. The van der Waals surface area contributed by atoms with Gasteiger partial charge in [0.1, 0.15) is 0 Å². The summed E-state index contributed by atoms with van der Waals surface area (Å²) in [5, 5.41) is 3.98. The van der Waals surface area contributed by atoms with Crippen LogP contribution in [0.3, 0.4) is 0 Å². The zero-order valence-corrected chi connectivity index (χ0v) is 11.6. The summed E-state index contributed by atoms with van der Waals surface area (Å²) in [6.45, 7) is 6.14. The van der Waals surface area contributed by atoms with Crippen LogP contribution in [0.5, 0.6) is 0 Å². The van der Waals surface area contributed by atoms with E-state index in [0.29, 0.717) is 17.5 Å². The van der Waals surface area contributed by atoms with Crippen LogP contribution in [-0.2, 0) is 11.2 Å². The molecule has 0 aliphatic heterocycles. The third kappa shape index (κ3) is 3.04. The number of thioether (sulfide) groups is 1. The van der Waals surface area contributed by atoms with Crippen LogP contribution < -0.4 is 5.73 Å². The van der Waals surface area contributed by atoms with Crippen molar-refractivity contribution in [3.63, 3.8) is 0 Å². The van der Waals surface area contributed by atoms with Gasteiger partial charge in [0.05, 0.1) is 5.75 Å². The fourth-order valence-electron chi connectivity index (χ4n) is 1.37. The zero-order chi connectivity index (χ0) is 13.2. The molecule has 0 spiro atoms. The molecule has 5 heteroatoms. The Morgan fingerprint density at radius 2 is 2.00 bits per heavy atom. The largest absolute Gasteiger partial charge is 0.398 e. The van der Waals surface area contributed by atoms with Crippen molar-refractivity contribution in [1.82, 2.24) is 10.1 Å². The van der Waals surface area contributed by atoms with Crippen molar-refractivity contribution < 1.29 is 4.52 Å². The van der Waals surface area contributed by atoms with Crippen molar-refractivity contribution in [3.8, 4) is 0 Å². The first-order valence-corrected chi connectivity index (χ1v) is 6.76. The van der Waals surface area contributed by atoms with Gasteiger partial charge in [0, 0.05) is 16.0 Å². The van der Waals surface area contributed by atoms with Gasteiger partial charge in [-0.05, 0) is 12.1 Å². The van der Waals surface area contributed by atoms with E-state index >= 15 is 0 Å². The summed E-state index contributed by atoms with van der Waals surface area (Å²) in [5.74, 6) is 2.03. The summed E-state index contributed by atoms with van der Waals surface area (Å²) in [5.41, 5.74) is 6.54. The molecule has 4 nitrogen and oxygen atoms in total. The SMILES string of the molecule is CC(C)(C)c1nc(CSc2ccccc2N)no1. The fraction of sp³-hybridized carbons (Fsp3) is 0.385. The van der Waals surface area contributed by atoms with Crippen LogP contribution in [-0.4, -0.2) is 10.1 Å². The molecule has 2 rings (SSSR count). The minimum absolute atomic E-state index is 0.109. The Bertz CT molecular complexity index is 531. The molecule has 0 unspecified atom stereocenters. The Kier molecular flexibility index (Phi) is 3.61. The van der Waals surface area contributed by atoms with Crippen LogP contribution in [0, 0.1) is 0 Å². The number of anilines is 1. The summed E-state index contributed by atoms with van der Waals surface area (Å²) in [7, 11) is 0. The molecule has 0 atom stereocenters. The van der Waals surface area contributed by atoms with Crippen molar-refractivity contribution >= 4 is 17.4 Å². The summed E-state index contributed by atoms with van der Waals surface area (Å²) in [6, 6.07) is 7.77. The third-order valence-corrected chi connectivity index (χ3v) is 3.47. The molecule has 1 heterocycles. The van der Waals surface area contributed by atoms with E-state index in [-0.39, 0.29) is 5.41 Å². The van der Waals surface area contributed by atoms with E-state index in [4.69, 9.17) is 10.3 Å². The number of nitrogens with zero attached hydrogens (tertiary/aromatic N) is 2. The lowest BCUT2D eigenvalue weighted by atomic mass is 9.97. The second-order valence-corrected chi connectivity index (χ2v) is 6.11. The normalized spacial score (nSPS) is 11.7. The number of aromatic nitrogens is 2. The van der Waals surface area contributed by atoms with Gasteiger partial charge in [0.25, 0.3) is 0 Å². The predicted octanol–water partition coefficient (Wildman–Crippen LogP) is 3.24. The average molecular weight is 263 g/mol. The summed E-state index contributed by atoms with van der Waals surface area (Å²) >= 11 is 1.61. The van der Waals surface area contributed by atoms with Crippen LogP contribution in [0.2, 0.25) is 0 Å². The molecule has 0 saturated carbocycles. The third-order valence-electron chi connectivity index (χ3n) is 2.39. The molecule has 1 aromatic carbocycles. The highest BCUT2D eigenvalue weighted by atomic mass is 32.2. The lowest BCUT2D eigenvalue weighted by Crippen LogP contribution is -2.11. The molecule has 1 aromatic heterocycles. The van der Waals surface area contributed by atoms with Gasteiger partial charge in [-0.15, -0.1) is 11.8 Å². The average Bonchev–Trinajstić information content (AvgIpc) is 2.76. The van der Waals surface area contributed by atoms with E-state index in [1.807, 2.05) is 45.0 Å². The fourth-order valence-corrected chi connectivity index (χ4v) is 2.18. The lowest BCUT2D eigenvalue weighted by molar-refractivity contribution is 0.319. The molecular weight excluding hydrogens is 246 g/mol. The Hall–Kier alpha value is -1.49. The molecule has 2 aromatic rings. The predicted molar refractivity (Wildman–Crippen MR) is 73.4 cm³/mol. The first-order valence-electron chi connectivity index (χ1n) is 5.77. The zero-order valence-electron chi connectivity index (χ0n) is 10.8. The number of nitrogens with two attached hydrogens (primary N) is 1. The number of para-hydroxylation sites is 1. The maximum Gasteiger partial charge on any atom is 0.232 e. The van der Waals surface area contributed by atoms with Crippen molar-refractivity contribution in [2.75, 3.05) is 5.73 Å². The van der Waals surface area contributed by atoms with Gasteiger partial charge in [-0.2, -0.15) is 4.98 Å². The minimum atomic E-state index is -0.109. The van der Waals surface area contributed by atoms with Crippen LogP contribution >= 0.6 is 11.8 Å². The van der Waals surface area contributed by atoms with Crippen LogP contribution in [0.4, 0.5) is 5.69 Å². The van der Waals surface area contributed by atoms with E-state index in [1.165, 1.54) is 0 Å². The van der Waals surface area contributed by atoms with Gasteiger partial charge in [-0.3, -0.25) is 0 Å². The summed E-state index contributed by atoms with van der Waals surface area (Å²) < 4.78 is 5.24. The van der Waals surface area contributed by atoms with E-state index in [2.05, 4.69) is 10.1 Å². The Morgan fingerprint density at radius 1 is 1.28 bits per heavy atom. The molecule has 2 N–H and O–H groups in total. The van der Waals surface area contributed by atoms with Gasteiger partial charge in [0.15, 0.2) is 5.82 Å². The summed E-state index contributed by atoms with van der Waals surface area (Å²) in [4.78, 5) is 5.43. The standard InChI is InChI=1S/C13H17N3OS/c1-13(2,3)12-15-11(16-17-12)8-18-10-7-5-4-6-9(10)14/h4-7H,8,14H2,1-3H3. The van der Waals surface area contributed by atoms with Crippen molar-refractivity contribution in [2.45, 2.75) is 36.8 Å². The summed E-state index contributed by atoms with van der Waals surface area (Å²) in [6.07, 6.45) is 0. The van der Waals surface area contributed by atoms with Crippen LogP contribution in [0.25, 0.3) is 0 Å². The van der Waals surface area contributed by atoms with Gasteiger partial charge in [-0.25, -0.2) is 0 Å². The molecule has 0 aliphatic rings. The maximum absolute atomic E-state index is 5.87. The van der Waals surface area contributed by atoms with E-state index in [1.54, 1.807) is 11.8 Å². The molecule has 0 amide bonds. The number of rotatable bonds is 3. The lowest BCUT2D eigenvalue weighted by Gasteiger charge is -2.10. The van der Waals surface area contributed by atoms with Crippen LogP contribution in [0.15, 0.2) is 33.7 Å². The Balaban J connectivity index is 2.03. The van der Waals surface area contributed by atoms with Crippen molar-refractivity contribution in [3.05, 3.63) is 36.0 Å². The first kappa shape index (κ1) is 13.0. The first-order chi connectivity index (χ1) is 8.47. The number of hydrogen-bond acceptors (Lipinski definition) is 5. The molecule has 0 radical (unpaired) electrons. The highest BCUT2D eigenvalue weighted by Crippen LogP contribution is 2.27. The monoisotopic (exact) mass is 263 g/mol. The molecule has 96 valence electrons. The molecule has 0 fully saturated rings. The van der Waals surface area contributed by atoms with Gasteiger partial charge >= 0.3 is 0 Å². The molecule has 0 bridgehead atoms. The maximum atomic E-state index is 5.87. The number of hydrogen-bond donors (Lipinski definition) is 1. The van der Waals surface area contributed by atoms with Crippen LogP contribution in [0.1, 0.15) is 32.5 Å². The topological polar surface area (TPSA) is 64.9 Å². The molecule has 18 heavy (non-hydrogen) atoms. The molecule has 0 aliphatic carbocycles. The van der Waals surface area contributed by atoms with E-state index < -0.39 is 0 Å².